The van der Waals surface area contributed by atoms with E-state index in [4.69, 9.17) is 5.73 Å². The minimum Gasteiger partial charge on any atom is -0.323 e. The number of anilines is 1. The summed E-state index contributed by atoms with van der Waals surface area (Å²) in [5.74, 6) is 0.503. The van der Waals surface area contributed by atoms with Gasteiger partial charge in [0.2, 0.25) is 5.91 Å². The second kappa shape index (κ2) is 4.75. The number of hydrogen-bond acceptors (Lipinski definition) is 4. The number of rotatable bonds is 3. The number of pyridine rings is 1. The van der Waals surface area contributed by atoms with Crippen molar-refractivity contribution >= 4 is 11.6 Å². The van der Waals surface area contributed by atoms with Crippen molar-refractivity contribution in [3.05, 3.63) is 37.1 Å². The lowest BCUT2D eigenvalue weighted by molar-refractivity contribution is -0.117. The van der Waals surface area contributed by atoms with E-state index in [9.17, 15) is 4.79 Å². The van der Waals surface area contributed by atoms with Gasteiger partial charge >= 0.3 is 0 Å². The van der Waals surface area contributed by atoms with E-state index in [2.05, 4.69) is 15.3 Å². The van der Waals surface area contributed by atoms with Crippen molar-refractivity contribution in [2.45, 2.75) is 13.0 Å². The van der Waals surface area contributed by atoms with Gasteiger partial charge in [-0.2, -0.15) is 0 Å². The van der Waals surface area contributed by atoms with E-state index in [0.717, 1.165) is 5.82 Å². The fourth-order valence-electron chi connectivity index (χ4n) is 1.26. The molecule has 0 aliphatic heterocycles. The van der Waals surface area contributed by atoms with Crippen LogP contribution in [0.5, 0.6) is 0 Å². The summed E-state index contributed by atoms with van der Waals surface area (Å²) in [5, 5.41) is 2.66. The molecule has 1 amide bonds. The van der Waals surface area contributed by atoms with E-state index < -0.39 is 6.04 Å². The van der Waals surface area contributed by atoms with Gasteiger partial charge < -0.3 is 11.1 Å². The molecular formula is C11H13N5O. The molecular weight excluding hydrogens is 218 g/mol. The van der Waals surface area contributed by atoms with E-state index >= 15 is 0 Å². The average molecular weight is 231 g/mol. The Morgan fingerprint density at radius 3 is 2.88 bits per heavy atom. The second-order valence-electron chi connectivity index (χ2n) is 3.65. The highest BCUT2D eigenvalue weighted by atomic mass is 16.2. The van der Waals surface area contributed by atoms with E-state index in [1.165, 1.54) is 0 Å². The topological polar surface area (TPSA) is 85.8 Å². The Labute approximate surface area is 98.5 Å². The van der Waals surface area contributed by atoms with Crippen LogP contribution in [0.2, 0.25) is 0 Å². The van der Waals surface area contributed by atoms with Crippen LogP contribution in [0.25, 0.3) is 5.82 Å². The van der Waals surface area contributed by atoms with E-state index in [-0.39, 0.29) is 5.91 Å². The van der Waals surface area contributed by atoms with Crippen molar-refractivity contribution in [2.24, 2.45) is 5.73 Å². The largest absolute Gasteiger partial charge is 0.323 e. The number of carbonyl (C=O) groups excluding carboxylic acids is 1. The van der Waals surface area contributed by atoms with Crippen LogP contribution in [0.4, 0.5) is 5.69 Å². The van der Waals surface area contributed by atoms with Gasteiger partial charge in [0, 0.05) is 12.4 Å². The molecule has 0 aliphatic rings. The van der Waals surface area contributed by atoms with Gasteiger partial charge in [0.05, 0.1) is 17.9 Å². The molecule has 0 fully saturated rings. The molecule has 0 unspecified atom stereocenters. The minimum absolute atomic E-state index is 0.234. The standard InChI is InChI=1S/C11H13N5O/c1-8(12)11(17)15-9-2-3-10(14-6-9)16-5-4-13-7-16/h2-8H,12H2,1H3,(H,15,17)/t8-/m1/s1. The van der Waals surface area contributed by atoms with Crippen molar-refractivity contribution in [1.29, 1.82) is 0 Å². The van der Waals surface area contributed by atoms with Crippen molar-refractivity contribution < 1.29 is 4.79 Å². The summed E-state index contributed by atoms with van der Waals surface area (Å²) in [6.07, 6.45) is 6.70. The Balaban J connectivity index is 2.11. The predicted octanol–water partition coefficient (Wildman–Crippen LogP) is 0.553. The van der Waals surface area contributed by atoms with Gasteiger partial charge in [0.1, 0.15) is 12.1 Å². The predicted molar refractivity (Wildman–Crippen MR) is 63.6 cm³/mol. The maximum Gasteiger partial charge on any atom is 0.241 e. The third-order valence-electron chi connectivity index (χ3n) is 2.20. The summed E-state index contributed by atoms with van der Waals surface area (Å²) < 4.78 is 1.77. The van der Waals surface area contributed by atoms with Crippen LogP contribution in [0.1, 0.15) is 6.92 Å². The van der Waals surface area contributed by atoms with Gasteiger partial charge in [-0.25, -0.2) is 9.97 Å². The summed E-state index contributed by atoms with van der Waals surface area (Å²) in [4.78, 5) is 19.5. The van der Waals surface area contributed by atoms with Gasteiger partial charge in [-0.3, -0.25) is 9.36 Å². The van der Waals surface area contributed by atoms with Crippen molar-refractivity contribution in [2.75, 3.05) is 5.32 Å². The highest BCUT2D eigenvalue weighted by Crippen LogP contribution is 2.09. The van der Waals surface area contributed by atoms with Crippen LogP contribution >= 0.6 is 0 Å². The first-order valence-corrected chi connectivity index (χ1v) is 5.17. The summed E-state index contributed by atoms with van der Waals surface area (Å²) >= 11 is 0. The zero-order valence-corrected chi connectivity index (χ0v) is 9.37. The van der Waals surface area contributed by atoms with Gasteiger partial charge in [0.15, 0.2) is 0 Å². The molecule has 0 aliphatic carbocycles. The smallest absolute Gasteiger partial charge is 0.241 e. The molecule has 0 saturated carbocycles. The van der Waals surface area contributed by atoms with E-state index in [1.807, 2.05) is 0 Å². The highest BCUT2D eigenvalue weighted by Gasteiger charge is 2.07. The Morgan fingerprint density at radius 2 is 2.35 bits per heavy atom. The zero-order valence-electron chi connectivity index (χ0n) is 9.37. The fourth-order valence-corrected chi connectivity index (χ4v) is 1.26. The molecule has 3 N–H and O–H groups in total. The zero-order chi connectivity index (χ0) is 12.3. The number of imidazole rings is 1. The Morgan fingerprint density at radius 1 is 1.53 bits per heavy atom. The third-order valence-corrected chi connectivity index (χ3v) is 2.20. The molecule has 17 heavy (non-hydrogen) atoms. The number of amides is 1. The molecule has 0 aromatic carbocycles. The molecule has 1 atom stereocenters. The van der Waals surface area contributed by atoms with Gasteiger partial charge in [-0.05, 0) is 19.1 Å². The quantitative estimate of drug-likeness (QED) is 0.807. The van der Waals surface area contributed by atoms with Crippen LogP contribution in [-0.2, 0) is 4.79 Å². The second-order valence-corrected chi connectivity index (χ2v) is 3.65. The van der Waals surface area contributed by atoms with Gasteiger partial charge in [-0.15, -0.1) is 0 Å². The summed E-state index contributed by atoms with van der Waals surface area (Å²) in [6, 6.07) is 3.02. The molecule has 2 aromatic heterocycles. The fraction of sp³-hybridized carbons (Fsp3) is 0.182. The first-order valence-electron chi connectivity index (χ1n) is 5.17. The number of carbonyl (C=O) groups is 1. The lowest BCUT2D eigenvalue weighted by Gasteiger charge is -2.08. The Hall–Kier alpha value is -2.21. The maximum atomic E-state index is 11.3. The van der Waals surface area contributed by atoms with Crippen LogP contribution in [-0.4, -0.2) is 26.5 Å². The molecule has 0 radical (unpaired) electrons. The summed E-state index contributed by atoms with van der Waals surface area (Å²) in [5.41, 5.74) is 6.07. The molecule has 2 heterocycles. The number of nitrogens with one attached hydrogen (secondary N) is 1. The molecule has 0 spiro atoms. The lowest BCUT2D eigenvalue weighted by atomic mass is 10.3. The first-order chi connectivity index (χ1) is 8.16. The third kappa shape index (κ3) is 2.67. The Bertz CT molecular complexity index is 489. The molecule has 88 valence electrons. The van der Waals surface area contributed by atoms with Crippen molar-refractivity contribution in [1.82, 2.24) is 14.5 Å². The summed E-state index contributed by atoms with van der Waals surface area (Å²) in [7, 11) is 0. The number of nitrogens with two attached hydrogens (primary N) is 1. The number of hydrogen-bond donors (Lipinski definition) is 2. The molecule has 2 aromatic rings. The van der Waals surface area contributed by atoms with Gasteiger partial charge in [-0.1, -0.05) is 0 Å². The molecule has 0 saturated heterocycles. The van der Waals surface area contributed by atoms with Crippen molar-refractivity contribution in [3.63, 3.8) is 0 Å². The molecule has 6 nitrogen and oxygen atoms in total. The van der Waals surface area contributed by atoms with Crippen LogP contribution in [0, 0.1) is 0 Å². The van der Waals surface area contributed by atoms with Crippen LogP contribution in [0.3, 0.4) is 0 Å². The number of aromatic nitrogens is 3. The monoisotopic (exact) mass is 231 g/mol. The normalized spacial score (nSPS) is 12.1. The first kappa shape index (κ1) is 11.3. The summed E-state index contributed by atoms with van der Waals surface area (Å²) in [6.45, 7) is 1.63. The van der Waals surface area contributed by atoms with E-state index in [1.54, 1.807) is 48.5 Å². The van der Waals surface area contributed by atoms with E-state index in [0.29, 0.717) is 5.69 Å². The van der Waals surface area contributed by atoms with Crippen LogP contribution in [0.15, 0.2) is 37.1 Å². The highest BCUT2D eigenvalue weighted by molar-refractivity contribution is 5.94. The van der Waals surface area contributed by atoms with Gasteiger partial charge in [0.25, 0.3) is 0 Å². The van der Waals surface area contributed by atoms with Crippen molar-refractivity contribution in [3.8, 4) is 5.82 Å². The molecule has 2 rings (SSSR count). The lowest BCUT2D eigenvalue weighted by Crippen LogP contribution is -2.32. The molecule has 0 bridgehead atoms. The SMILES string of the molecule is C[C@@H](N)C(=O)Nc1ccc(-n2ccnc2)nc1. The molecule has 6 heteroatoms. The minimum atomic E-state index is -0.539. The maximum absolute atomic E-state index is 11.3. The number of nitrogens with zero attached hydrogens (tertiary/aromatic N) is 3. The Kier molecular flexibility index (Phi) is 3.15. The van der Waals surface area contributed by atoms with Crippen LogP contribution < -0.4 is 11.1 Å². The average Bonchev–Trinajstić information content (AvgIpc) is 2.83.